The van der Waals surface area contributed by atoms with Gasteiger partial charge in [-0.1, -0.05) is 0 Å². The summed E-state index contributed by atoms with van der Waals surface area (Å²) in [5.41, 5.74) is 1.33. The molecule has 1 aliphatic heterocycles. The van der Waals surface area contributed by atoms with Crippen LogP contribution in [0, 0.1) is 0 Å². The van der Waals surface area contributed by atoms with Crippen molar-refractivity contribution in [2.75, 3.05) is 47.4 Å². The highest BCUT2D eigenvalue weighted by atomic mass is 35.5. The van der Waals surface area contributed by atoms with Gasteiger partial charge in [0.2, 0.25) is 0 Å². The molecule has 6 heteroatoms. The summed E-state index contributed by atoms with van der Waals surface area (Å²) in [7, 11) is 5.30. The molecule has 0 spiro atoms. The van der Waals surface area contributed by atoms with Gasteiger partial charge in [0.25, 0.3) is 5.24 Å². The summed E-state index contributed by atoms with van der Waals surface area (Å²) < 4.78 is 10.8. The molecule has 1 aliphatic rings. The van der Waals surface area contributed by atoms with Crippen LogP contribution in [0.15, 0.2) is 12.1 Å². The number of methoxy groups -OCH3 is 2. The highest BCUT2D eigenvalue weighted by molar-refractivity contribution is 6.67. The number of carbonyl (C=O) groups is 1. The Kier molecular flexibility index (Phi) is 5.45. The van der Waals surface area contributed by atoms with Gasteiger partial charge < -0.3 is 14.4 Å². The molecule has 0 saturated carbocycles. The Morgan fingerprint density at radius 3 is 2.10 bits per heavy atom. The Morgan fingerprint density at radius 2 is 1.67 bits per heavy atom. The summed E-state index contributed by atoms with van der Waals surface area (Å²) in [6, 6.07) is 3.34. The average molecular weight is 313 g/mol. The van der Waals surface area contributed by atoms with Gasteiger partial charge in [-0.2, -0.15) is 0 Å². The lowest BCUT2D eigenvalue weighted by atomic mass is 10.1. The first-order valence-corrected chi connectivity index (χ1v) is 7.28. The lowest BCUT2D eigenvalue weighted by molar-refractivity contribution is 0.108. The minimum absolute atomic E-state index is 0.382. The maximum Gasteiger partial charge on any atom is 0.252 e. The Bertz CT molecular complexity index is 489. The standard InChI is InChI=1S/C15H21ClN2O3/c1-17-4-6-18(7-5-17)10-12-13(20-2)8-11(15(16)19)9-14(12)21-3/h8-9H,4-7,10H2,1-3H3. The molecule has 1 aromatic carbocycles. The number of carbonyl (C=O) groups excluding carboxylic acids is 1. The summed E-state index contributed by atoms with van der Waals surface area (Å²) in [5, 5.41) is -0.516. The SMILES string of the molecule is COc1cc(C(=O)Cl)cc(OC)c1CN1CCN(C)CC1. The molecule has 0 unspecified atom stereocenters. The van der Waals surface area contributed by atoms with Crippen LogP contribution in [0.1, 0.15) is 15.9 Å². The van der Waals surface area contributed by atoms with Gasteiger partial charge in [-0.15, -0.1) is 0 Å². The number of hydrogen-bond donors (Lipinski definition) is 0. The van der Waals surface area contributed by atoms with E-state index in [1.807, 2.05) is 0 Å². The zero-order chi connectivity index (χ0) is 15.4. The van der Waals surface area contributed by atoms with E-state index in [0.717, 1.165) is 38.3 Å². The van der Waals surface area contributed by atoms with E-state index in [9.17, 15) is 4.79 Å². The van der Waals surface area contributed by atoms with Gasteiger partial charge in [-0.05, 0) is 30.8 Å². The smallest absolute Gasteiger partial charge is 0.252 e. The van der Waals surface area contributed by atoms with E-state index in [0.29, 0.717) is 17.1 Å². The predicted molar refractivity (Wildman–Crippen MR) is 82.5 cm³/mol. The van der Waals surface area contributed by atoms with Gasteiger partial charge in [0.1, 0.15) is 11.5 Å². The van der Waals surface area contributed by atoms with Gasteiger partial charge in [-0.3, -0.25) is 9.69 Å². The van der Waals surface area contributed by atoms with Crippen LogP contribution < -0.4 is 9.47 Å². The van der Waals surface area contributed by atoms with Gasteiger partial charge in [-0.25, -0.2) is 0 Å². The Hall–Kier alpha value is -1.30. The van der Waals surface area contributed by atoms with Crippen molar-refractivity contribution in [3.8, 4) is 11.5 Å². The molecular formula is C15H21ClN2O3. The molecule has 1 aromatic rings. The van der Waals surface area contributed by atoms with Crippen molar-refractivity contribution in [1.82, 2.24) is 9.80 Å². The predicted octanol–water partition coefficient (Wildman–Crippen LogP) is 1.83. The van der Waals surface area contributed by atoms with Gasteiger partial charge in [0, 0.05) is 38.3 Å². The van der Waals surface area contributed by atoms with Crippen molar-refractivity contribution in [2.24, 2.45) is 0 Å². The highest BCUT2D eigenvalue weighted by Crippen LogP contribution is 2.32. The van der Waals surface area contributed by atoms with Crippen LogP contribution >= 0.6 is 11.6 Å². The fourth-order valence-electron chi connectivity index (χ4n) is 2.48. The summed E-state index contributed by atoms with van der Waals surface area (Å²) in [5.74, 6) is 1.27. The van der Waals surface area contributed by atoms with Crippen LogP contribution in [-0.4, -0.2) is 62.5 Å². The van der Waals surface area contributed by atoms with E-state index in [1.54, 1.807) is 26.4 Å². The molecule has 1 saturated heterocycles. The normalized spacial score (nSPS) is 16.8. The van der Waals surface area contributed by atoms with Crippen LogP contribution in [0.25, 0.3) is 0 Å². The van der Waals surface area contributed by atoms with Crippen molar-refractivity contribution in [2.45, 2.75) is 6.54 Å². The number of benzene rings is 1. The number of hydrogen-bond acceptors (Lipinski definition) is 5. The van der Waals surface area contributed by atoms with Gasteiger partial charge in [0.05, 0.1) is 19.8 Å². The minimum atomic E-state index is -0.516. The molecule has 1 fully saturated rings. The van der Waals surface area contributed by atoms with Gasteiger partial charge in [0.15, 0.2) is 0 Å². The highest BCUT2D eigenvalue weighted by Gasteiger charge is 2.20. The van der Waals surface area contributed by atoms with Crippen molar-refractivity contribution >= 4 is 16.8 Å². The molecule has 0 aromatic heterocycles. The molecule has 116 valence electrons. The zero-order valence-electron chi connectivity index (χ0n) is 12.7. The summed E-state index contributed by atoms with van der Waals surface area (Å²) in [6.45, 7) is 4.82. The molecule has 0 N–H and O–H groups in total. The summed E-state index contributed by atoms with van der Waals surface area (Å²) >= 11 is 5.56. The lowest BCUT2D eigenvalue weighted by Crippen LogP contribution is -2.43. The number of rotatable bonds is 5. The maximum absolute atomic E-state index is 11.4. The minimum Gasteiger partial charge on any atom is -0.496 e. The van der Waals surface area contributed by atoms with Crippen molar-refractivity contribution in [3.05, 3.63) is 23.3 Å². The number of ether oxygens (including phenoxy) is 2. The van der Waals surface area contributed by atoms with Crippen molar-refractivity contribution in [1.29, 1.82) is 0 Å². The van der Waals surface area contributed by atoms with E-state index >= 15 is 0 Å². The first-order chi connectivity index (χ1) is 10.0. The summed E-state index contributed by atoms with van der Waals surface area (Å²) in [6.07, 6.45) is 0. The van der Waals surface area contributed by atoms with Crippen LogP contribution in [0.2, 0.25) is 0 Å². The Labute approximate surface area is 130 Å². The molecule has 5 nitrogen and oxygen atoms in total. The van der Waals surface area contributed by atoms with E-state index in [1.165, 1.54) is 0 Å². The fourth-order valence-corrected chi connectivity index (χ4v) is 2.59. The molecule has 21 heavy (non-hydrogen) atoms. The quantitative estimate of drug-likeness (QED) is 0.776. The third kappa shape index (κ3) is 3.87. The molecule has 1 heterocycles. The number of piperazine rings is 1. The van der Waals surface area contributed by atoms with E-state index in [-0.39, 0.29) is 0 Å². The zero-order valence-corrected chi connectivity index (χ0v) is 13.4. The second-order valence-electron chi connectivity index (χ2n) is 5.21. The third-order valence-electron chi connectivity index (χ3n) is 3.81. The van der Waals surface area contributed by atoms with Crippen molar-refractivity contribution in [3.63, 3.8) is 0 Å². The van der Waals surface area contributed by atoms with Crippen LogP contribution in [-0.2, 0) is 6.54 Å². The third-order valence-corrected chi connectivity index (χ3v) is 4.03. The topological polar surface area (TPSA) is 42.0 Å². The second kappa shape index (κ2) is 7.11. The van der Waals surface area contributed by atoms with Crippen LogP contribution in [0.5, 0.6) is 11.5 Å². The molecular weight excluding hydrogens is 292 g/mol. The molecule has 0 atom stereocenters. The summed E-state index contributed by atoms with van der Waals surface area (Å²) in [4.78, 5) is 16.0. The molecule has 0 radical (unpaired) electrons. The largest absolute Gasteiger partial charge is 0.496 e. The average Bonchev–Trinajstić information content (AvgIpc) is 2.49. The number of nitrogens with zero attached hydrogens (tertiary/aromatic N) is 2. The first kappa shape index (κ1) is 16.1. The van der Waals surface area contributed by atoms with Crippen LogP contribution in [0.4, 0.5) is 0 Å². The Morgan fingerprint density at radius 1 is 1.14 bits per heavy atom. The van der Waals surface area contributed by atoms with Crippen LogP contribution in [0.3, 0.4) is 0 Å². The van der Waals surface area contributed by atoms with Crippen molar-refractivity contribution < 1.29 is 14.3 Å². The monoisotopic (exact) mass is 312 g/mol. The molecule has 2 rings (SSSR count). The van der Waals surface area contributed by atoms with E-state index < -0.39 is 5.24 Å². The molecule has 0 bridgehead atoms. The van der Waals surface area contributed by atoms with E-state index in [2.05, 4.69) is 16.8 Å². The number of likely N-dealkylation sites (N-methyl/N-ethyl adjacent to an activating group) is 1. The lowest BCUT2D eigenvalue weighted by Gasteiger charge is -2.33. The Balaban J connectivity index is 2.26. The second-order valence-corrected chi connectivity index (χ2v) is 5.56. The van der Waals surface area contributed by atoms with E-state index in [4.69, 9.17) is 21.1 Å². The molecule has 0 amide bonds. The maximum atomic E-state index is 11.4. The molecule has 0 aliphatic carbocycles. The first-order valence-electron chi connectivity index (χ1n) is 6.90. The fraction of sp³-hybridized carbons (Fsp3) is 0.533. The number of halogens is 1. The van der Waals surface area contributed by atoms with Gasteiger partial charge >= 0.3 is 0 Å².